The molecule has 5 nitrogen and oxygen atoms in total. The molecule has 2 aliphatic rings. The number of likely N-dealkylation sites (N-methyl/N-ethyl adjacent to an activating group) is 1. The number of rotatable bonds is 10. The molecule has 0 N–H and O–H groups in total. The maximum Gasteiger partial charge on any atom is 0.326 e. The van der Waals surface area contributed by atoms with Gasteiger partial charge in [0, 0.05) is 31.8 Å². The van der Waals surface area contributed by atoms with Crippen molar-refractivity contribution < 1.29 is 4.79 Å². The van der Waals surface area contributed by atoms with E-state index in [2.05, 4.69) is 52.1 Å². The van der Waals surface area contributed by atoms with Crippen LogP contribution in [0.2, 0.25) is 0 Å². The zero-order valence-corrected chi connectivity index (χ0v) is 23.9. The van der Waals surface area contributed by atoms with E-state index in [1.54, 1.807) is 24.3 Å². The predicted molar refractivity (Wildman–Crippen MR) is 164 cm³/mol. The lowest BCUT2D eigenvalue weighted by Gasteiger charge is -2.48. The van der Waals surface area contributed by atoms with Crippen molar-refractivity contribution in [2.75, 3.05) is 33.2 Å². The van der Waals surface area contributed by atoms with E-state index in [9.17, 15) is 4.79 Å². The Hall–Kier alpha value is -3.70. The predicted octanol–water partition coefficient (Wildman–Crippen LogP) is 6.82. The largest absolute Gasteiger partial charge is 0.326 e. The lowest BCUT2D eigenvalue weighted by molar-refractivity contribution is 0.114. The third-order valence-electron chi connectivity index (χ3n) is 7.40. The van der Waals surface area contributed by atoms with Crippen molar-refractivity contribution in [1.82, 2.24) is 14.7 Å². The molecule has 38 heavy (non-hydrogen) atoms. The van der Waals surface area contributed by atoms with Crippen LogP contribution in [0.15, 0.2) is 127 Å². The Balaban J connectivity index is 2.99. The molecule has 0 aliphatic carbocycles. The molecule has 1 fully saturated rings. The third kappa shape index (κ3) is 5.89. The quantitative estimate of drug-likeness (QED) is 0.301. The summed E-state index contributed by atoms with van der Waals surface area (Å²) in [6.45, 7) is 26.8. The molecule has 2 amide bonds. The van der Waals surface area contributed by atoms with Crippen LogP contribution in [0, 0.1) is 0 Å². The van der Waals surface area contributed by atoms with Gasteiger partial charge in [0.25, 0.3) is 0 Å². The number of nitrogens with zero attached hydrogens (tertiary/aromatic N) is 4. The van der Waals surface area contributed by atoms with Gasteiger partial charge >= 0.3 is 6.03 Å². The van der Waals surface area contributed by atoms with Crippen LogP contribution in [0.4, 0.5) is 4.79 Å². The number of urea groups is 1. The average molecular weight is 513 g/mol. The number of aliphatic imine (C=N–C) groups is 1. The summed E-state index contributed by atoms with van der Waals surface area (Å²) in [5.41, 5.74) is 0.854. The summed E-state index contributed by atoms with van der Waals surface area (Å²) in [4.78, 5) is 25.9. The lowest BCUT2D eigenvalue weighted by Crippen LogP contribution is -2.64. The Morgan fingerprint density at radius 3 is 1.97 bits per heavy atom. The van der Waals surface area contributed by atoms with Crippen LogP contribution in [0.5, 0.6) is 0 Å². The fourth-order valence-corrected chi connectivity index (χ4v) is 4.99. The van der Waals surface area contributed by atoms with Crippen molar-refractivity contribution in [1.29, 1.82) is 0 Å². The molecule has 2 heterocycles. The molecule has 0 bridgehead atoms. The van der Waals surface area contributed by atoms with Crippen LogP contribution in [-0.4, -0.2) is 70.9 Å². The van der Waals surface area contributed by atoms with E-state index in [1.807, 2.05) is 78.3 Å². The van der Waals surface area contributed by atoms with E-state index < -0.39 is 11.1 Å². The van der Waals surface area contributed by atoms with Crippen LogP contribution >= 0.6 is 0 Å². The Labute approximate surface area is 230 Å². The van der Waals surface area contributed by atoms with Gasteiger partial charge in [0.05, 0.1) is 0 Å². The number of hydrogen-bond acceptors (Lipinski definition) is 3. The molecule has 2 aliphatic heterocycles. The van der Waals surface area contributed by atoms with E-state index in [1.165, 1.54) is 0 Å². The fraction of sp³-hybridized carbons (Fsp3) is 0.333. The van der Waals surface area contributed by atoms with Crippen LogP contribution < -0.4 is 0 Å². The van der Waals surface area contributed by atoms with Crippen molar-refractivity contribution in [3.8, 4) is 0 Å². The minimum Gasteiger partial charge on any atom is -0.322 e. The average Bonchev–Trinajstić information content (AvgIpc) is 3.15. The maximum absolute atomic E-state index is 14.5. The number of amidine groups is 1. The van der Waals surface area contributed by atoms with E-state index >= 15 is 0 Å². The van der Waals surface area contributed by atoms with Gasteiger partial charge in [0.2, 0.25) is 0 Å². The number of carbonyl (C=O) groups excluding carboxylic acids is 1. The van der Waals surface area contributed by atoms with Gasteiger partial charge in [-0.15, -0.1) is 0 Å². The number of hydrogen-bond donors (Lipinski definition) is 0. The van der Waals surface area contributed by atoms with Crippen LogP contribution in [0.25, 0.3) is 0 Å². The summed E-state index contributed by atoms with van der Waals surface area (Å²) >= 11 is 0. The second kappa shape index (κ2) is 13.7. The molecule has 0 aromatic rings. The standard InChI is InChI=1S/C33H44N4O/c1-10-16-20-27(14-5)30-34-32(7,29(19-13-4)22-18-12-3)33(8,28(15-6)21-17-11-2)37(30)31(38)36-25-23-35(9)24-26-36/h10-22H,2-5,23-26H2,1,6-9H3/b16-10-,21-17-,22-18-,27-20+,28-15+,29-19+/t32-,33+/m0/s1. The summed E-state index contributed by atoms with van der Waals surface area (Å²) in [5.74, 6) is 0.584. The Kier molecular flexibility index (Phi) is 11.0. The first-order valence-corrected chi connectivity index (χ1v) is 13.1. The van der Waals surface area contributed by atoms with E-state index in [-0.39, 0.29) is 6.03 Å². The third-order valence-corrected chi connectivity index (χ3v) is 7.40. The molecule has 0 unspecified atom stereocenters. The first kappa shape index (κ1) is 30.5. The Morgan fingerprint density at radius 2 is 1.47 bits per heavy atom. The van der Waals surface area contributed by atoms with E-state index in [0.717, 1.165) is 29.8 Å². The van der Waals surface area contributed by atoms with Crippen molar-refractivity contribution in [3.05, 3.63) is 122 Å². The van der Waals surface area contributed by atoms with Crippen molar-refractivity contribution in [3.63, 3.8) is 0 Å². The summed E-state index contributed by atoms with van der Waals surface area (Å²) in [5, 5.41) is 0. The molecule has 0 aromatic heterocycles. The van der Waals surface area contributed by atoms with Crippen molar-refractivity contribution >= 4 is 11.9 Å². The zero-order valence-electron chi connectivity index (χ0n) is 23.9. The second-order valence-corrected chi connectivity index (χ2v) is 9.63. The maximum atomic E-state index is 14.5. The SMILES string of the molecule is C=C/C=C\C(=C/C=C)[C@]1(C)N=C(/C(C=C)=C/C=C\C)N(C(=O)N2CCN(C)CC2)[C@]1(C)C(/C=C\C=C)=C/C. The normalized spacial score (nSPS) is 25.9. The van der Waals surface area contributed by atoms with Crippen molar-refractivity contribution in [2.45, 2.75) is 38.8 Å². The highest BCUT2D eigenvalue weighted by atomic mass is 16.2. The monoisotopic (exact) mass is 512 g/mol. The van der Waals surface area contributed by atoms with Gasteiger partial charge in [-0.1, -0.05) is 105 Å². The highest BCUT2D eigenvalue weighted by Gasteiger charge is 2.60. The van der Waals surface area contributed by atoms with E-state index in [4.69, 9.17) is 4.99 Å². The smallest absolute Gasteiger partial charge is 0.322 e. The molecular formula is C33H44N4O. The van der Waals surface area contributed by atoms with Gasteiger partial charge in [0.15, 0.2) is 0 Å². The van der Waals surface area contributed by atoms with Gasteiger partial charge in [-0.3, -0.25) is 9.89 Å². The minimum absolute atomic E-state index is 0.0756. The van der Waals surface area contributed by atoms with Crippen LogP contribution in [-0.2, 0) is 0 Å². The van der Waals surface area contributed by atoms with Crippen LogP contribution in [0.1, 0.15) is 27.7 Å². The molecular weight excluding hydrogens is 468 g/mol. The Bertz CT molecular complexity index is 1140. The topological polar surface area (TPSA) is 39.2 Å². The molecule has 0 aromatic carbocycles. The van der Waals surface area contributed by atoms with Crippen molar-refractivity contribution in [2.24, 2.45) is 4.99 Å². The number of amides is 2. The Morgan fingerprint density at radius 1 is 0.868 bits per heavy atom. The summed E-state index contributed by atoms with van der Waals surface area (Å²) in [6.07, 6.45) is 24.6. The van der Waals surface area contributed by atoms with Gasteiger partial charge in [-0.2, -0.15) is 0 Å². The second-order valence-electron chi connectivity index (χ2n) is 9.63. The molecule has 2 atom stereocenters. The van der Waals surface area contributed by atoms with Gasteiger partial charge in [0.1, 0.15) is 16.9 Å². The van der Waals surface area contributed by atoms with Gasteiger partial charge < -0.3 is 9.80 Å². The molecule has 202 valence electrons. The summed E-state index contributed by atoms with van der Waals surface area (Å²) in [6, 6.07) is -0.0756. The fourth-order valence-electron chi connectivity index (χ4n) is 4.99. The summed E-state index contributed by atoms with van der Waals surface area (Å²) in [7, 11) is 2.08. The molecule has 0 spiro atoms. The highest BCUT2D eigenvalue weighted by Crippen LogP contribution is 2.50. The first-order chi connectivity index (χ1) is 18.2. The molecule has 0 radical (unpaired) electrons. The van der Waals surface area contributed by atoms with E-state index in [0.29, 0.717) is 18.9 Å². The molecule has 5 heteroatoms. The number of piperazine rings is 1. The molecule has 1 saturated heterocycles. The number of carbonyl (C=O) groups is 1. The first-order valence-electron chi connectivity index (χ1n) is 13.1. The molecule has 0 saturated carbocycles. The van der Waals surface area contributed by atoms with Gasteiger partial charge in [-0.05, 0) is 45.9 Å². The lowest BCUT2D eigenvalue weighted by atomic mass is 9.69. The minimum atomic E-state index is -0.893. The number of allylic oxidation sites excluding steroid dienone is 10. The van der Waals surface area contributed by atoms with Crippen LogP contribution in [0.3, 0.4) is 0 Å². The zero-order chi connectivity index (χ0) is 28.3. The van der Waals surface area contributed by atoms with Gasteiger partial charge in [-0.25, -0.2) is 4.79 Å². The molecule has 2 rings (SSSR count). The summed E-state index contributed by atoms with van der Waals surface area (Å²) < 4.78 is 0. The highest BCUT2D eigenvalue weighted by molar-refractivity contribution is 6.12.